The number of azo groups is 1. The molecule has 0 bridgehead atoms. The van der Waals surface area contributed by atoms with Crippen molar-refractivity contribution in [2.24, 2.45) is 10.2 Å². The standard InChI is InChI=1S/C22H20N4O3S2.Na/c27-31(28,29)19-12-13-21-20(15-19)24-22(30-21)26-25-18-10-8-17(9-11-18)23-14-4-7-16-5-2-1-3-6-16;/h1-3,5-6,8-13,15,23H,4,7,14H2,(H,27,28,29);/q;+1/p-1. The molecule has 4 rings (SSSR count). The molecule has 10 heteroatoms. The molecule has 1 N–H and O–H groups in total. The normalized spacial score (nSPS) is 11.5. The summed E-state index contributed by atoms with van der Waals surface area (Å²) in [6.45, 7) is 0.878. The molecule has 1 heterocycles. The fraction of sp³-hybridized carbons (Fsp3) is 0.136. The van der Waals surface area contributed by atoms with Crippen molar-refractivity contribution in [1.82, 2.24) is 4.98 Å². The molecule has 0 saturated heterocycles. The quantitative estimate of drug-likeness (QED) is 0.183. The van der Waals surface area contributed by atoms with Crippen LogP contribution in [-0.4, -0.2) is 24.5 Å². The van der Waals surface area contributed by atoms with Crippen LogP contribution >= 0.6 is 11.3 Å². The number of rotatable bonds is 8. The van der Waals surface area contributed by atoms with Gasteiger partial charge in [0.1, 0.15) is 10.1 Å². The van der Waals surface area contributed by atoms with E-state index < -0.39 is 10.1 Å². The third-order valence-corrected chi connectivity index (χ3v) is 6.32. The summed E-state index contributed by atoms with van der Waals surface area (Å²) in [5.74, 6) is 0. The molecule has 3 aromatic carbocycles. The van der Waals surface area contributed by atoms with Crippen LogP contribution in [0.2, 0.25) is 0 Å². The maximum Gasteiger partial charge on any atom is 1.00 e. The molecule has 0 aliphatic carbocycles. The second-order valence-corrected chi connectivity index (χ2v) is 9.23. The molecule has 7 nitrogen and oxygen atoms in total. The first-order valence-corrected chi connectivity index (χ1v) is 11.9. The molecule has 0 aliphatic heterocycles. The van der Waals surface area contributed by atoms with E-state index in [1.807, 2.05) is 30.3 Å². The second-order valence-electron chi connectivity index (χ2n) is 6.84. The topological polar surface area (TPSA) is 107 Å². The van der Waals surface area contributed by atoms with E-state index in [-0.39, 0.29) is 34.5 Å². The number of aromatic nitrogens is 1. The van der Waals surface area contributed by atoms with Crippen molar-refractivity contribution in [3.05, 3.63) is 78.4 Å². The molecule has 1 aromatic heterocycles. The van der Waals surface area contributed by atoms with Crippen LogP contribution in [0.15, 0.2) is 87.9 Å². The van der Waals surface area contributed by atoms with E-state index in [4.69, 9.17) is 0 Å². The summed E-state index contributed by atoms with van der Waals surface area (Å²) in [4.78, 5) is 3.93. The van der Waals surface area contributed by atoms with Crippen molar-refractivity contribution in [3.63, 3.8) is 0 Å². The molecule has 0 radical (unpaired) electrons. The number of fused-ring (bicyclic) bond motifs is 1. The van der Waals surface area contributed by atoms with Gasteiger partial charge in [0.05, 0.1) is 20.8 Å². The van der Waals surface area contributed by atoms with Crippen LogP contribution in [0.25, 0.3) is 10.2 Å². The average Bonchev–Trinajstić information content (AvgIpc) is 3.18. The van der Waals surface area contributed by atoms with Gasteiger partial charge < -0.3 is 9.87 Å². The van der Waals surface area contributed by atoms with Crippen LogP contribution in [0.1, 0.15) is 12.0 Å². The summed E-state index contributed by atoms with van der Waals surface area (Å²) in [6.07, 6.45) is 2.07. The van der Waals surface area contributed by atoms with Crippen molar-refractivity contribution in [3.8, 4) is 0 Å². The van der Waals surface area contributed by atoms with Crippen LogP contribution in [0.4, 0.5) is 16.5 Å². The fourth-order valence-corrected chi connectivity index (χ4v) is 4.27. The monoisotopic (exact) mass is 474 g/mol. The Kier molecular flexibility index (Phi) is 8.52. The van der Waals surface area contributed by atoms with Crippen LogP contribution in [0.3, 0.4) is 0 Å². The Bertz CT molecular complexity index is 1310. The number of benzene rings is 3. The zero-order valence-electron chi connectivity index (χ0n) is 17.4. The molecule has 0 atom stereocenters. The van der Waals surface area contributed by atoms with Crippen molar-refractivity contribution in [2.75, 3.05) is 11.9 Å². The summed E-state index contributed by atoms with van der Waals surface area (Å²) < 4.78 is 34.2. The fourth-order valence-electron chi connectivity index (χ4n) is 3.01. The molecule has 158 valence electrons. The van der Waals surface area contributed by atoms with Crippen LogP contribution in [0, 0.1) is 0 Å². The number of aryl methyl sites for hydroxylation is 1. The van der Waals surface area contributed by atoms with Crippen LogP contribution < -0.4 is 34.9 Å². The van der Waals surface area contributed by atoms with E-state index in [1.165, 1.54) is 29.0 Å². The van der Waals surface area contributed by atoms with Gasteiger partial charge in [0.2, 0.25) is 5.13 Å². The molecule has 0 unspecified atom stereocenters. The summed E-state index contributed by atoms with van der Waals surface area (Å²) in [5.41, 5.74) is 3.43. The van der Waals surface area contributed by atoms with Gasteiger partial charge in [-0.2, -0.15) is 0 Å². The number of thiazole rings is 1. The van der Waals surface area contributed by atoms with Gasteiger partial charge in [-0.05, 0) is 60.9 Å². The average molecular weight is 475 g/mol. The third-order valence-electron chi connectivity index (χ3n) is 4.57. The Morgan fingerprint density at radius 1 is 0.969 bits per heavy atom. The predicted octanol–water partition coefficient (Wildman–Crippen LogP) is 2.66. The van der Waals surface area contributed by atoms with Crippen molar-refractivity contribution < 1.29 is 42.5 Å². The van der Waals surface area contributed by atoms with E-state index in [9.17, 15) is 13.0 Å². The molecule has 0 fully saturated rings. The summed E-state index contributed by atoms with van der Waals surface area (Å²) in [5, 5.41) is 12.1. The SMILES string of the molecule is O=S(=O)([O-])c1ccc2sc(N=Nc3ccc(NCCCc4ccccc4)cc3)nc2c1.[Na+]. The minimum Gasteiger partial charge on any atom is -0.744 e. The molecule has 0 aliphatic rings. The first kappa shape index (κ1) is 24.5. The number of hydrogen-bond donors (Lipinski definition) is 1. The van der Waals surface area contributed by atoms with E-state index in [1.54, 1.807) is 6.07 Å². The van der Waals surface area contributed by atoms with Gasteiger partial charge in [-0.3, -0.25) is 0 Å². The smallest absolute Gasteiger partial charge is 0.744 e. The largest absolute Gasteiger partial charge is 1.00 e. The Morgan fingerprint density at radius 2 is 1.72 bits per heavy atom. The summed E-state index contributed by atoms with van der Waals surface area (Å²) >= 11 is 1.27. The number of hydrogen-bond acceptors (Lipinski definition) is 8. The molecule has 0 amide bonds. The van der Waals surface area contributed by atoms with Gasteiger partial charge in [0.25, 0.3) is 0 Å². The van der Waals surface area contributed by atoms with Crippen molar-refractivity contribution in [1.29, 1.82) is 0 Å². The van der Waals surface area contributed by atoms with Crippen LogP contribution in [0.5, 0.6) is 0 Å². The molecule has 4 aromatic rings. The Balaban J connectivity index is 0.00000289. The minimum atomic E-state index is -4.51. The summed E-state index contributed by atoms with van der Waals surface area (Å²) in [6, 6.07) is 22.1. The predicted molar refractivity (Wildman–Crippen MR) is 121 cm³/mol. The van der Waals surface area contributed by atoms with E-state index in [0.29, 0.717) is 16.3 Å². The zero-order valence-corrected chi connectivity index (χ0v) is 21.1. The minimum absolute atomic E-state index is 0. The molecule has 0 spiro atoms. The Labute approximate surface area is 212 Å². The van der Waals surface area contributed by atoms with Gasteiger partial charge in [-0.15, -0.1) is 10.2 Å². The number of anilines is 1. The maximum absolute atomic E-state index is 11.1. The number of nitrogens with one attached hydrogen (secondary N) is 1. The Hall–Kier alpha value is -2.14. The second kappa shape index (κ2) is 11.1. The van der Waals surface area contributed by atoms with E-state index in [2.05, 4.69) is 44.8 Å². The number of nitrogens with zero attached hydrogens (tertiary/aromatic N) is 3. The Morgan fingerprint density at radius 3 is 2.44 bits per heavy atom. The van der Waals surface area contributed by atoms with Crippen LogP contribution in [-0.2, 0) is 16.5 Å². The molecular weight excluding hydrogens is 455 g/mol. The summed E-state index contributed by atoms with van der Waals surface area (Å²) in [7, 11) is -4.51. The third kappa shape index (κ3) is 6.68. The van der Waals surface area contributed by atoms with Gasteiger partial charge in [0, 0.05) is 12.2 Å². The molecular formula is C22H19N4NaO3S2. The van der Waals surface area contributed by atoms with Gasteiger partial charge >= 0.3 is 29.6 Å². The van der Waals surface area contributed by atoms with Gasteiger partial charge in [0.15, 0.2) is 0 Å². The van der Waals surface area contributed by atoms with Gasteiger partial charge in [-0.25, -0.2) is 13.4 Å². The zero-order chi connectivity index (χ0) is 21.7. The molecule has 0 saturated carbocycles. The van der Waals surface area contributed by atoms with E-state index in [0.717, 1.165) is 29.8 Å². The van der Waals surface area contributed by atoms with Gasteiger partial charge in [-0.1, -0.05) is 41.7 Å². The first-order valence-electron chi connectivity index (χ1n) is 9.63. The first-order chi connectivity index (χ1) is 15.0. The van der Waals surface area contributed by atoms with E-state index >= 15 is 0 Å². The van der Waals surface area contributed by atoms with Crippen molar-refractivity contribution >= 4 is 48.2 Å². The maximum atomic E-state index is 11.1. The molecule has 32 heavy (non-hydrogen) atoms. The van der Waals surface area contributed by atoms with Crippen molar-refractivity contribution in [2.45, 2.75) is 17.7 Å².